The van der Waals surface area contributed by atoms with Crippen molar-refractivity contribution in [1.29, 1.82) is 0 Å². The van der Waals surface area contributed by atoms with Gasteiger partial charge < -0.3 is 0 Å². The number of hydrogen-bond donors (Lipinski definition) is 1. The Morgan fingerprint density at radius 2 is 1.46 bits per heavy atom. The van der Waals surface area contributed by atoms with E-state index in [1.54, 1.807) is 0 Å². The van der Waals surface area contributed by atoms with Gasteiger partial charge in [-0.3, -0.25) is 4.72 Å². The van der Waals surface area contributed by atoms with E-state index in [9.17, 15) is 30.0 Å². The molecule has 142 valence electrons. The molecule has 1 N–H and O–H groups in total. The number of halogens is 3. The molecule has 0 fully saturated rings. The van der Waals surface area contributed by atoms with Gasteiger partial charge in [0, 0.05) is 14.1 Å². The van der Waals surface area contributed by atoms with Gasteiger partial charge in [0.05, 0.1) is 21.0 Å². The molecule has 0 spiro atoms. The van der Waals surface area contributed by atoms with Crippen molar-refractivity contribution in [2.24, 2.45) is 0 Å². The van der Waals surface area contributed by atoms with Gasteiger partial charge in [0.2, 0.25) is 10.0 Å². The highest BCUT2D eigenvalue weighted by molar-refractivity contribution is 7.93. The molecule has 0 unspecified atom stereocenters. The summed E-state index contributed by atoms with van der Waals surface area (Å²) in [5, 5.41) is 0. The van der Waals surface area contributed by atoms with Crippen LogP contribution in [0.5, 0.6) is 0 Å². The van der Waals surface area contributed by atoms with Crippen LogP contribution in [0, 0.1) is 0 Å². The van der Waals surface area contributed by atoms with Crippen LogP contribution in [0.15, 0.2) is 58.3 Å². The fourth-order valence-electron chi connectivity index (χ4n) is 2.04. The molecule has 11 heteroatoms. The minimum atomic E-state index is -4.75. The minimum Gasteiger partial charge on any atom is -0.279 e. The van der Waals surface area contributed by atoms with Gasteiger partial charge in [-0.2, -0.15) is 13.2 Å². The van der Waals surface area contributed by atoms with Crippen LogP contribution in [0.25, 0.3) is 0 Å². The predicted molar refractivity (Wildman–Crippen MR) is 89.6 cm³/mol. The van der Waals surface area contributed by atoms with Crippen molar-refractivity contribution in [3.05, 3.63) is 54.1 Å². The summed E-state index contributed by atoms with van der Waals surface area (Å²) in [5.41, 5.74) is -1.80. The van der Waals surface area contributed by atoms with Crippen molar-refractivity contribution in [3.63, 3.8) is 0 Å². The van der Waals surface area contributed by atoms with E-state index in [0.29, 0.717) is 0 Å². The molecule has 26 heavy (non-hydrogen) atoms. The van der Waals surface area contributed by atoms with Gasteiger partial charge in [-0.25, -0.2) is 21.1 Å². The molecule has 0 heterocycles. The summed E-state index contributed by atoms with van der Waals surface area (Å²) in [5.74, 6) is 0. The molecule has 0 aliphatic carbocycles. The smallest absolute Gasteiger partial charge is 0.279 e. The second-order valence-electron chi connectivity index (χ2n) is 5.41. The maximum Gasteiger partial charge on any atom is 0.418 e. The van der Waals surface area contributed by atoms with E-state index >= 15 is 0 Å². The van der Waals surface area contributed by atoms with Gasteiger partial charge in [-0.1, -0.05) is 18.2 Å². The van der Waals surface area contributed by atoms with Crippen LogP contribution in [-0.4, -0.2) is 35.2 Å². The lowest BCUT2D eigenvalue weighted by Crippen LogP contribution is -2.23. The van der Waals surface area contributed by atoms with Crippen molar-refractivity contribution < 1.29 is 30.0 Å². The van der Waals surface area contributed by atoms with Crippen LogP contribution in [0.1, 0.15) is 5.56 Å². The molecule has 0 atom stereocenters. The lowest BCUT2D eigenvalue weighted by atomic mass is 10.2. The Kier molecular flexibility index (Phi) is 5.36. The number of sulfonamides is 2. The second kappa shape index (κ2) is 6.89. The third-order valence-corrected chi connectivity index (χ3v) is 6.55. The first-order valence-electron chi connectivity index (χ1n) is 7.07. The molecule has 0 amide bonds. The van der Waals surface area contributed by atoms with Crippen molar-refractivity contribution in [2.75, 3.05) is 18.8 Å². The molecule has 0 bridgehead atoms. The maximum atomic E-state index is 13.0. The van der Waals surface area contributed by atoms with Crippen LogP contribution >= 0.6 is 0 Å². The number of hydrogen-bond acceptors (Lipinski definition) is 4. The molecule has 6 nitrogen and oxygen atoms in total. The standard InChI is InChI=1S/C15H15F3N2O4S2/c1-20(2)26(23,24)12-7-5-6-11(10-12)25(21,22)19-14-9-4-3-8-13(14)15(16,17)18/h3-10,19H,1-2H3. The molecule has 2 aromatic carbocycles. The zero-order valence-electron chi connectivity index (χ0n) is 13.6. The van der Waals surface area contributed by atoms with Crippen molar-refractivity contribution in [2.45, 2.75) is 16.0 Å². The lowest BCUT2D eigenvalue weighted by Gasteiger charge is -2.15. The Morgan fingerprint density at radius 3 is 2.04 bits per heavy atom. The summed E-state index contributed by atoms with van der Waals surface area (Å²) in [4.78, 5) is -0.771. The number of para-hydroxylation sites is 1. The summed E-state index contributed by atoms with van der Waals surface area (Å²) < 4.78 is 90.9. The molecular weight excluding hydrogens is 393 g/mol. The Hall–Kier alpha value is -2.11. The average molecular weight is 408 g/mol. The third-order valence-electron chi connectivity index (χ3n) is 3.37. The van der Waals surface area contributed by atoms with E-state index in [1.807, 2.05) is 4.72 Å². The first kappa shape index (κ1) is 20.2. The maximum absolute atomic E-state index is 13.0. The Labute approximate surface area is 149 Å². The highest BCUT2D eigenvalue weighted by Crippen LogP contribution is 2.35. The number of anilines is 1. The van der Waals surface area contributed by atoms with Crippen molar-refractivity contribution in [1.82, 2.24) is 4.31 Å². The highest BCUT2D eigenvalue weighted by atomic mass is 32.2. The van der Waals surface area contributed by atoms with Gasteiger partial charge in [0.15, 0.2) is 0 Å². The van der Waals surface area contributed by atoms with Gasteiger partial charge in [-0.05, 0) is 30.3 Å². The second-order valence-corrected chi connectivity index (χ2v) is 9.25. The topological polar surface area (TPSA) is 83.6 Å². The largest absolute Gasteiger partial charge is 0.418 e. The number of nitrogens with one attached hydrogen (secondary N) is 1. The molecular formula is C15H15F3N2O4S2. The molecule has 0 aliphatic rings. The van der Waals surface area contributed by atoms with E-state index in [-0.39, 0.29) is 4.90 Å². The molecule has 0 aliphatic heterocycles. The number of benzene rings is 2. The van der Waals surface area contributed by atoms with Gasteiger partial charge in [0.1, 0.15) is 0 Å². The monoisotopic (exact) mass is 408 g/mol. The highest BCUT2D eigenvalue weighted by Gasteiger charge is 2.34. The molecule has 0 radical (unpaired) electrons. The molecule has 2 rings (SSSR count). The summed E-state index contributed by atoms with van der Waals surface area (Å²) in [7, 11) is -5.80. The minimum absolute atomic E-state index is 0.297. The molecule has 0 aromatic heterocycles. The summed E-state index contributed by atoms with van der Waals surface area (Å²) >= 11 is 0. The molecule has 0 saturated heterocycles. The number of nitrogens with zero attached hydrogens (tertiary/aromatic N) is 1. The first-order valence-corrected chi connectivity index (χ1v) is 9.99. The van der Waals surface area contributed by atoms with Crippen LogP contribution in [-0.2, 0) is 26.2 Å². The summed E-state index contributed by atoms with van der Waals surface area (Å²) in [6.07, 6.45) is -4.75. The van der Waals surface area contributed by atoms with E-state index < -0.39 is 42.4 Å². The van der Waals surface area contributed by atoms with Gasteiger partial charge in [-0.15, -0.1) is 0 Å². The average Bonchev–Trinajstić information content (AvgIpc) is 2.54. The predicted octanol–water partition coefficient (Wildman–Crippen LogP) is 2.76. The quantitative estimate of drug-likeness (QED) is 0.825. The lowest BCUT2D eigenvalue weighted by molar-refractivity contribution is -0.136. The van der Waals surface area contributed by atoms with E-state index in [4.69, 9.17) is 0 Å². The van der Waals surface area contributed by atoms with Gasteiger partial charge >= 0.3 is 6.18 Å². The van der Waals surface area contributed by atoms with Crippen LogP contribution in [0.2, 0.25) is 0 Å². The van der Waals surface area contributed by atoms with Gasteiger partial charge in [0.25, 0.3) is 10.0 Å². The first-order chi connectivity index (χ1) is 11.9. The molecule has 2 aromatic rings. The van der Waals surface area contributed by atoms with Crippen LogP contribution < -0.4 is 4.72 Å². The SMILES string of the molecule is CN(C)S(=O)(=O)c1cccc(S(=O)(=O)Nc2ccccc2C(F)(F)F)c1. The number of rotatable bonds is 5. The Balaban J connectivity index is 2.48. The summed E-state index contributed by atoms with van der Waals surface area (Å²) in [6.45, 7) is 0. The van der Waals surface area contributed by atoms with Crippen LogP contribution in [0.4, 0.5) is 18.9 Å². The van der Waals surface area contributed by atoms with E-state index in [0.717, 1.165) is 34.6 Å². The normalized spacial score (nSPS) is 13.0. The van der Waals surface area contributed by atoms with Crippen molar-refractivity contribution in [3.8, 4) is 0 Å². The van der Waals surface area contributed by atoms with E-state index in [1.165, 1.54) is 32.3 Å². The fourth-order valence-corrected chi connectivity index (χ4v) is 4.18. The van der Waals surface area contributed by atoms with E-state index in [2.05, 4.69) is 0 Å². The Bertz CT molecular complexity index is 1020. The third kappa shape index (κ3) is 4.17. The summed E-state index contributed by atoms with van der Waals surface area (Å²) in [6, 6.07) is 8.45. The van der Waals surface area contributed by atoms with Crippen LogP contribution in [0.3, 0.4) is 0 Å². The fraction of sp³-hybridized carbons (Fsp3) is 0.200. The Morgan fingerprint density at radius 1 is 0.885 bits per heavy atom. The zero-order valence-corrected chi connectivity index (χ0v) is 15.3. The zero-order chi connectivity index (χ0) is 19.8. The van der Waals surface area contributed by atoms with Crippen molar-refractivity contribution >= 4 is 25.7 Å². The molecule has 0 saturated carbocycles. The number of alkyl halides is 3.